The predicted molar refractivity (Wildman–Crippen MR) is 214 cm³/mol. The largest absolute Gasteiger partial charge is 0.465 e. The van der Waals surface area contributed by atoms with Gasteiger partial charge >= 0.3 is 5.97 Å². The number of anilines is 2. The lowest BCUT2D eigenvalue weighted by atomic mass is 10.0. The monoisotopic (exact) mass is 699 g/mol. The quantitative estimate of drug-likeness (QED) is 0.0546. The lowest BCUT2D eigenvalue weighted by Gasteiger charge is -2.14. The van der Waals surface area contributed by atoms with Crippen LogP contribution >= 0.6 is 0 Å². The topological polar surface area (TPSA) is 84.5 Å². The highest BCUT2D eigenvalue weighted by Gasteiger charge is 2.14. The third kappa shape index (κ3) is 26.4. The van der Waals surface area contributed by atoms with E-state index in [0.717, 1.165) is 32.1 Å². The van der Waals surface area contributed by atoms with Crippen LogP contribution in [0.5, 0.6) is 0 Å². The van der Waals surface area contributed by atoms with Gasteiger partial charge in [0.05, 0.1) is 24.0 Å². The molecule has 0 aromatic heterocycles. The van der Waals surface area contributed by atoms with Crippen LogP contribution in [0, 0.1) is 0 Å². The smallest absolute Gasteiger partial charge is 0.337 e. The maximum Gasteiger partial charge on any atom is 0.337 e. The Labute approximate surface area is 308 Å². The molecule has 0 saturated carbocycles. The number of carbonyl (C=O) groups is 3. The van der Waals surface area contributed by atoms with Gasteiger partial charge in [-0.3, -0.25) is 9.59 Å². The van der Waals surface area contributed by atoms with E-state index < -0.39 is 5.97 Å². The van der Waals surface area contributed by atoms with E-state index in [1.165, 1.54) is 168 Å². The molecule has 1 aromatic rings. The van der Waals surface area contributed by atoms with E-state index in [4.69, 9.17) is 4.74 Å². The second-order valence-electron chi connectivity index (χ2n) is 14.7. The summed E-state index contributed by atoms with van der Waals surface area (Å²) in [6, 6.07) is 4.90. The minimum absolute atomic E-state index is 0.0663. The van der Waals surface area contributed by atoms with Crippen molar-refractivity contribution >= 4 is 29.2 Å². The number of methoxy groups -OCH3 is 1. The van der Waals surface area contributed by atoms with Gasteiger partial charge in [0.25, 0.3) is 0 Å². The standard InChI is InChI=1S/C44H78N2O4/c1-4-6-8-10-12-14-16-18-20-22-24-26-28-30-32-34-42(47)45-40-37-36-39(44(49)50-3)38-41(40)46-43(48)35-33-31-29-27-25-23-21-19-17-15-13-11-9-7-5-2/h36-38H,4-35H2,1-3H3,(H,45,47)(H,46,48). The normalized spacial score (nSPS) is 11.1. The summed E-state index contributed by atoms with van der Waals surface area (Å²) in [6.07, 6.45) is 39.5. The van der Waals surface area contributed by atoms with Crippen LogP contribution in [0.15, 0.2) is 18.2 Å². The number of carbonyl (C=O) groups excluding carboxylic acids is 3. The Morgan fingerprint density at radius 1 is 0.440 bits per heavy atom. The average molecular weight is 699 g/mol. The number of nitrogens with one attached hydrogen (secondary N) is 2. The summed E-state index contributed by atoms with van der Waals surface area (Å²) in [4.78, 5) is 37.8. The zero-order valence-corrected chi connectivity index (χ0v) is 33.0. The SMILES string of the molecule is CCCCCCCCCCCCCCCCCC(=O)Nc1ccc(C(=O)OC)cc1NC(=O)CCCCCCCCCCCCCCCCC. The number of hydrogen-bond donors (Lipinski definition) is 2. The molecule has 0 saturated heterocycles. The molecule has 0 spiro atoms. The van der Waals surface area contributed by atoms with Crippen molar-refractivity contribution in [1.29, 1.82) is 0 Å². The van der Waals surface area contributed by atoms with Crippen molar-refractivity contribution in [2.45, 2.75) is 219 Å². The first-order valence-electron chi connectivity index (χ1n) is 21.3. The van der Waals surface area contributed by atoms with Crippen LogP contribution < -0.4 is 10.6 Å². The van der Waals surface area contributed by atoms with Crippen LogP contribution in [0.25, 0.3) is 0 Å². The highest BCUT2D eigenvalue weighted by molar-refractivity contribution is 6.01. The van der Waals surface area contributed by atoms with Crippen molar-refractivity contribution in [3.8, 4) is 0 Å². The molecular formula is C44H78N2O4. The van der Waals surface area contributed by atoms with Crippen molar-refractivity contribution in [3.63, 3.8) is 0 Å². The summed E-state index contributed by atoms with van der Waals surface area (Å²) in [5.41, 5.74) is 1.31. The first-order chi connectivity index (χ1) is 24.5. The number of esters is 1. The van der Waals surface area contributed by atoms with Gasteiger partial charge in [-0.25, -0.2) is 4.79 Å². The number of hydrogen-bond acceptors (Lipinski definition) is 4. The van der Waals surface area contributed by atoms with E-state index in [0.29, 0.717) is 29.8 Å². The van der Waals surface area contributed by atoms with Crippen LogP contribution in [-0.4, -0.2) is 24.9 Å². The minimum Gasteiger partial charge on any atom is -0.465 e. The van der Waals surface area contributed by atoms with Crippen LogP contribution in [0.4, 0.5) is 11.4 Å². The van der Waals surface area contributed by atoms with Crippen LogP contribution in [0.1, 0.15) is 230 Å². The molecule has 0 aliphatic heterocycles. The molecule has 1 rings (SSSR count). The molecule has 0 heterocycles. The fraction of sp³-hybridized carbons (Fsp3) is 0.795. The Hall–Kier alpha value is -2.37. The van der Waals surface area contributed by atoms with Crippen molar-refractivity contribution < 1.29 is 19.1 Å². The number of unbranched alkanes of at least 4 members (excludes halogenated alkanes) is 28. The van der Waals surface area contributed by atoms with E-state index in [1.54, 1.807) is 18.2 Å². The summed E-state index contributed by atoms with van der Waals surface area (Å²) >= 11 is 0. The van der Waals surface area contributed by atoms with Crippen LogP contribution in [0.3, 0.4) is 0 Å². The van der Waals surface area contributed by atoms with E-state index in [9.17, 15) is 14.4 Å². The molecule has 50 heavy (non-hydrogen) atoms. The van der Waals surface area contributed by atoms with Gasteiger partial charge in [0.15, 0.2) is 0 Å². The van der Waals surface area contributed by atoms with E-state index >= 15 is 0 Å². The van der Waals surface area contributed by atoms with Gasteiger partial charge in [-0.05, 0) is 31.0 Å². The summed E-state index contributed by atoms with van der Waals surface area (Å²) in [7, 11) is 1.34. The fourth-order valence-corrected chi connectivity index (χ4v) is 6.74. The first-order valence-corrected chi connectivity index (χ1v) is 21.3. The Bertz CT molecular complexity index is 979. The molecule has 0 aliphatic carbocycles. The summed E-state index contributed by atoms with van der Waals surface area (Å²) < 4.78 is 4.88. The highest BCUT2D eigenvalue weighted by atomic mass is 16.5. The molecule has 2 amide bonds. The van der Waals surface area contributed by atoms with E-state index in [-0.39, 0.29) is 11.8 Å². The van der Waals surface area contributed by atoms with Gasteiger partial charge in [0.2, 0.25) is 11.8 Å². The molecule has 1 aromatic carbocycles. The first kappa shape index (κ1) is 45.7. The van der Waals surface area contributed by atoms with Gasteiger partial charge in [-0.2, -0.15) is 0 Å². The number of benzene rings is 1. The predicted octanol–water partition coefficient (Wildman–Crippen LogP) is 13.9. The molecule has 6 nitrogen and oxygen atoms in total. The minimum atomic E-state index is -0.474. The molecule has 0 bridgehead atoms. The Morgan fingerprint density at radius 3 is 1.06 bits per heavy atom. The van der Waals surface area contributed by atoms with Gasteiger partial charge in [0.1, 0.15) is 0 Å². The average Bonchev–Trinajstić information content (AvgIpc) is 3.12. The number of rotatable bonds is 35. The van der Waals surface area contributed by atoms with Gasteiger partial charge < -0.3 is 15.4 Å². The Kier molecular flexibility index (Phi) is 30.8. The van der Waals surface area contributed by atoms with Crippen molar-refractivity contribution in [1.82, 2.24) is 0 Å². The summed E-state index contributed by atoms with van der Waals surface area (Å²) in [5, 5.41) is 5.91. The second-order valence-corrected chi connectivity index (χ2v) is 14.7. The Morgan fingerprint density at radius 2 is 0.740 bits per heavy atom. The zero-order chi connectivity index (χ0) is 36.3. The highest BCUT2D eigenvalue weighted by Crippen LogP contribution is 2.25. The van der Waals surface area contributed by atoms with Crippen molar-refractivity contribution in [2.24, 2.45) is 0 Å². The summed E-state index contributed by atoms with van der Waals surface area (Å²) in [6.45, 7) is 4.54. The fourth-order valence-electron chi connectivity index (χ4n) is 6.74. The van der Waals surface area contributed by atoms with E-state index in [2.05, 4.69) is 24.5 Å². The molecule has 0 fully saturated rings. The van der Waals surface area contributed by atoms with Crippen molar-refractivity contribution in [3.05, 3.63) is 23.8 Å². The maximum absolute atomic E-state index is 12.8. The molecule has 0 aliphatic rings. The number of ether oxygens (including phenoxy) is 1. The van der Waals surface area contributed by atoms with Gasteiger partial charge in [-0.15, -0.1) is 0 Å². The molecule has 0 unspecified atom stereocenters. The zero-order valence-electron chi connectivity index (χ0n) is 33.0. The molecular weight excluding hydrogens is 620 g/mol. The molecule has 0 atom stereocenters. The second kappa shape index (κ2) is 33.8. The van der Waals surface area contributed by atoms with Crippen molar-refractivity contribution in [2.75, 3.05) is 17.7 Å². The summed E-state index contributed by atoms with van der Waals surface area (Å²) in [5.74, 6) is -0.637. The van der Waals surface area contributed by atoms with Crippen LogP contribution in [0.2, 0.25) is 0 Å². The Balaban J connectivity index is 2.23. The lowest BCUT2D eigenvalue weighted by molar-refractivity contribution is -0.117. The lowest BCUT2D eigenvalue weighted by Crippen LogP contribution is -2.17. The molecule has 288 valence electrons. The van der Waals surface area contributed by atoms with Crippen LogP contribution in [-0.2, 0) is 14.3 Å². The molecule has 2 N–H and O–H groups in total. The third-order valence-corrected chi connectivity index (χ3v) is 10.0. The van der Waals surface area contributed by atoms with Gasteiger partial charge in [-0.1, -0.05) is 194 Å². The van der Waals surface area contributed by atoms with Gasteiger partial charge in [0, 0.05) is 12.8 Å². The maximum atomic E-state index is 12.8. The molecule has 6 heteroatoms. The number of amides is 2. The molecule has 0 radical (unpaired) electrons. The van der Waals surface area contributed by atoms with E-state index in [1.807, 2.05) is 0 Å². The third-order valence-electron chi connectivity index (χ3n) is 10.0.